The van der Waals surface area contributed by atoms with Crippen LogP contribution in [-0.2, 0) is 13.6 Å². The van der Waals surface area contributed by atoms with Gasteiger partial charge in [0, 0.05) is 18.1 Å². The zero-order valence-electron chi connectivity index (χ0n) is 14.7. The summed E-state index contributed by atoms with van der Waals surface area (Å²) in [5, 5.41) is 14.6. The summed E-state index contributed by atoms with van der Waals surface area (Å²) in [6, 6.07) is 12.4. The van der Waals surface area contributed by atoms with Crippen molar-refractivity contribution in [3.8, 4) is 17.1 Å². The van der Waals surface area contributed by atoms with Gasteiger partial charge >= 0.3 is 0 Å². The molecule has 0 radical (unpaired) electrons. The van der Waals surface area contributed by atoms with Gasteiger partial charge in [0.15, 0.2) is 22.0 Å². The zero-order chi connectivity index (χ0) is 19.7. The monoisotopic (exact) mass is 414 g/mol. The molecule has 10 heteroatoms. The molecule has 0 unspecified atom stereocenters. The number of aromatic amines is 1. The number of benzene rings is 1. The molecule has 1 aromatic carbocycles. The molecule has 0 saturated heterocycles. The lowest BCUT2D eigenvalue weighted by Crippen LogP contribution is -2.25. The van der Waals surface area contributed by atoms with E-state index in [-0.39, 0.29) is 18.1 Å². The molecular formula is C18H15ClN6O2S. The first-order valence-electron chi connectivity index (χ1n) is 8.31. The maximum atomic E-state index is 12.7. The molecule has 0 fully saturated rings. The summed E-state index contributed by atoms with van der Waals surface area (Å²) in [5.41, 5.74) is 1.59. The minimum atomic E-state index is -0.345. The van der Waals surface area contributed by atoms with Gasteiger partial charge in [-0.3, -0.25) is 9.89 Å². The van der Waals surface area contributed by atoms with E-state index in [1.807, 2.05) is 12.1 Å². The third-order valence-corrected chi connectivity index (χ3v) is 4.75. The number of nitrogens with zero attached hydrogens (tertiary/aromatic N) is 4. The molecule has 0 spiro atoms. The number of carbonyl (C=O) groups is 1. The van der Waals surface area contributed by atoms with E-state index in [1.54, 1.807) is 52.9 Å². The number of hydrogen-bond donors (Lipinski definition) is 2. The average Bonchev–Trinajstić information content (AvgIpc) is 3.41. The van der Waals surface area contributed by atoms with Gasteiger partial charge in [0.2, 0.25) is 0 Å². The Morgan fingerprint density at radius 1 is 1.32 bits per heavy atom. The molecule has 3 aromatic heterocycles. The second-order valence-electron chi connectivity index (χ2n) is 5.97. The van der Waals surface area contributed by atoms with Crippen LogP contribution in [0.3, 0.4) is 0 Å². The number of aromatic nitrogens is 5. The summed E-state index contributed by atoms with van der Waals surface area (Å²) in [6.07, 6.45) is 1.56. The van der Waals surface area contributed by atoms with E-state index in [9.17, 15) is 4.79 Å². The lowest BCUT2D eigenvalue weighted by molar-refractivity contribution is 0.0944. The van der Waals surface area contributed by atoms with Crippen molar-refractivity contribution in [2.24, 2.45) is 7.05 Å². The highest BCUT2D eigenvalue weighted by Gasteiger charge is 2.19. The van der Waals surface area contributed by atoms with Crippen LogP contribution in [0, 0.1) is 4.77 Å². The smallest absolute Gasteiger partial charge is 0.272 e. The molecule has 0 atom stereocenters. The number of rotatable bonds is 5. The van der Waals surface area contributed by atoms with E-state index in [2.05, 4.69) is 20.6 Å². The van der Waals surface area contributed by atoms with Crippen molar-refractivity contribution in [2.45, 2.75) is 6.54 Å². The van der Waals surface area contributed by atoms with Crippen LogP contribution >= 0.6 is 23.8 Å². The van der Waals surface area contributed by atoms with Crippen LogP contribution in [0.15, 0.2) is 53.1 Å². The standard InChI is InChI=1S/C18H15ClN6O2S/c1-24-16(21-22-18(24)28)10-20-17(26)13-9-14(15-6-3-7-27-15)25(23-13)12-5-2-4-11(19)8-12/h2-9H,10H2,1H3,(H,20,26)(H,22,28). The summed E-state index contributed by atoms with van der Waals surface area (Å²) in [7, 11) is 1.77. The first-order valence-corrected chi connectivity index (χ1v) is 9.10. The first-order chi connectivity index (χ1) is 13.5. The number of H-pyrrole nitrogens is 1. The van der Waals surface area contributed by atoms with Crippen LogP contribution in [0.5, 0.6) is 0 Å². The van der Waals surface area contributed by atoms with Gasteiger partial charge in [-0.1, -0.05) is 17.7 Å². The van der Waals surface area contributed by atoms with Crippen molar-refractivity contribution in [2.75, 3.05) is 0 Å². The second kappa shape index (κ2) is 7.45. The van der Waals surface area contributed by atoms with Crippen molar-refractivity contribution >= 4 is 29.7 Å². The maximum absolute atomic E-state index is 12.7. The third-order valence-electron chi connectivity index (χ3n) is 4.15. The third kappa shape index (κ3) is 3.49. The number of hydrogen-bond acceptors (Lipinski definition) is 5. The Morgan fingerprint density at radius 3 is 2.86 bits per heavy atom. The molecule has 1 amide bonds. The highest BCUT2D eigenvalue weighted by Crippen LogP contribution is 2.25. The Labute approximate surface area is 169 Å². The van der Waals surface area contributed by atoms with Crippen LogP contribution in [0.2, 0.25) is 5.02 Å². The van der Waals surface area contributed by atoms with E-state index in [4.69, 9.17) is 28.2 Å². The predicted molar refractivity (Wildman–Crippen MR) is 106 cm³/mol. The molecule has 4 rings (SSSR count). The molecule has 8 nitrogen and oxygen atoms in total. The topological polar surface area (TPSA) is 93.7 Å². The van der Waals surface area contributed by atoms with Crippen LogP contribution in [-0.4, -0.2) is 30.5 Å². The number of furan rings is 1. The predicted octanol–water partition coefficient (Wildman–Crippen LogP) is 3.51. The van der Waals surface area contributed by atoms with Crippen molar-refractivity contribution in [1.29, 1.82) is 0 Å². The summed E-state index contributed by atoms with van der Waals surface area (Å²) in [5.74, 6) is 0.849. The van der Waals surface area contributed by atoms with Gasteiger partial charge in [0.25, 0.3) is 5.91 Å². The molecule has 0 aliphatic heterocycles. The van der Waals surface area contributed by atoms with E-state index in [1.165, 1.54) is 0 Å². The first kappa shape index (κ1) is 18.2. The fourth-order valence-corrected chi connectivity index (χ4v) is 3.02. The average molecular weight is 415 g/mol. The van der Waals surface area contributed by atoms with Crippen molar-refractivity contribution in [3.05, 3.63) is 70.0 Å². The minimum absolute atomic E-state index is 0.211. The Hall–Kier alpha value is -3.17. The van der Waals surface area contributed by atoms with Gasteiger partial charge in [-0.25, -0.2) is 4.68 Å². The largest absolute Gasteiger partial charge is 0.463 e. The molecule has 142 valence electrons. The zero-order valence-corrected chi connectivity index (χ0v) is 16.3. The fraction of sp³-hybridized carbons (Fsp3) is 0.111. The molecule has 0 aliphatic carbocycles. The van der Waals surface area contributed by atoms with Crippen LogP contribution in [0.4, 0.5) is 0 Å². The number of nitrogens with one attached hydrogen (secondary N) is 2. The van der Waals surface area contributed by atoms with Crippen molar-refractivity contribution in [3.63, 3.8) is 0 Å². The lowest BCUT2D eigenvalue weighted by Gasteiger charge is -2.06. The second-order valence-corrected chi connectivity index (χ2v) is 6.79. The Kier molecular flexibility index (Phi) is 4.84. The normalized spacial score (nSPS) is 10.9. The van der Waals surface area contributed by atoms with E-state index >= 15 is 0 Å². The Morgan fingerprint density at radius 2 is 2.18 bits per heavy atom. The van der Waals surface area contributed by atoms with Gasteiger partial charge in [-0.05, 0) is 42.5 Å². The number of amides is 1. The van der Waals surface area contributed by atoms with Crippen LogP contribution in [0.1, 0.15) is 16.3 Å². The SMILES string of the molecule is Cn1c(CNC(=O)c2cc(-c3ccco3)n(-c3cccc(Cl)c3)n2)n[nH]c1=S. The minimum Gasteiger partial charge on any atom is -0.463 e. The number of halogens is 1. The molecule has 4 aromatic rings. The molecule has 0 bridgehead atoms. The quantitative estimate of drug-likeness (QED) is 0.487. The van der Waals surface area contributed by atoms with E-state index < -0.39 is 0 Å². The molecular weight excluding hydrogens is 400 g/mol. The molecule has 0 aliphatic rings. The van der Waals surface area contributed by atoms with Crippen molar-refractivity contribution < 1.29 is 9.21 Å². The van der Waals surface area contributed by atoms with E-state index in [0.29, 0.717) is 32.8 Å². The Balaban J connectivity index is 1.66. The van der Waals surface area contributed by atoms with Gasteiger partial charge in [0.1, 0.15) is 5.69 Å². The molecule has 28 heavy (non-hydrogen) atoms. The van der Waals surface area contributed by atoms with Gasteiger partial charge < -0.3 is 14.3 Å². The van der Waals surface area contributed by atoms with Crippen LogP contribution in [0.25, 0.3) is 17.1 Å². The molecule has 0 saturated carbocycles. The lowest BCUT2D eigenvalue weighted by atomic mass is 10.2. The Bertz CT molecular complexity index is 1190. The number of carbonyl (C=O) groups excluding carboxylic acids is 1. The van der Waals surface area contributed by atoms with Crippen LogP contribution < -0.4 is 5.32 Å². The fourth-order valence-electron chi connectivity index (χ4n) is 2.68. The van der Waals surface area contributed by atoms with Gasteiger partial charge in [-0.2, -0.15) is 10.2 Å². The highest BCUT2D eigenvalue weighted by molar-refractivity contribution is 7.71. The maximum Gasteiger partial charge on any atom is 0.272 e. The summed E-state index contributed by atoms with van der Waals surface area (Å²) in [4.78, 5) is 12.7. The van der Waals surface area contributed by atoms with Gasteiger partial charge in [-0.15, -0.1) is 0 Å². The van der Waals surface area contributed by atoms with E-state index in [0.717, 1.165) is 0 Å². The summed E-state index contributed by atoms with van der Waals surface area (Å²) >= 11 is 11.2. The molecule has 3 heterocycles. The molecule has 2 N–H and O–H groups in total. The van der Waals surface area contributed by atoms with Gasteiger partial charge in [0.05, 0.1) is 18.5 Å². The summed E-state index contributed by atoms with van der Waals surface area (Å²) < 4.78 is 9.29. The summed E-state index contributed by atoms with van der Waals surface area (Å²) in [6.45, 7) is 0.211. The highest BCUT2D eigenvalue weighted by atomic mass is 35.5. The van der Waals surface area contributed by atoms with Crippen molar-refractivity contribution in [1.82, 2.24) is 29.9 Å².